The molecule has 0 fully saturated rings. The molecule has 0 spiro atoms. The van der Waals surface area contributed by atoms with Gasteiger partial charge in [-0.25, -0.2) is 4.39 Å². The highest BCUT2D eigenvalue weighted by molar-refractivity contribution is 7.39. The van der Waals surface area contributed by atoms with E-state index >= 15 is 0 Å². The van der Waals surface area contributed by atoms with Crippen LogP contribution in [-0.4, -0.2) is 32.7 Å². The molecule has 0 radical (unpaired) electrons. The second kappa shape index (κ2) is 9.92. The first kappa shape index (κ1) is 21.5. The van der Waals surface area contributed by atoms with Gasteiger partial charge in [-0.2, -0.15) is 4.89 Å². The summed E-state index contributed by atoms with van der Waals surface area (Å²) < 4.78 is 25.4. The number of anilines is 1. The van der Waals surface area contributed by atoms with Crippen molar-refractivity contribution < 1.29 is 33.7 Å². The van der Waals surface area contributed by atoms with Crippen LogP contribution in [0.25, 0.3) is 0 Å². The fourth-order valence-electron chi connectivity index (χ4n) is 2.98. The van der Waals surface area contributed by atoms with Crippen LogP contribution in [0.3, 0.4) is 0 Å². The number of carboxylic acid groups (broad SMARTS) is 2. The number of aliphatic carboxylic acids is 2. The van der Waals surface area contributed by atoms with Crippen LogP contribution in [0.2, 0.25) is 0 Å². The van der Waals surface area contributed by atoms with Gasteiger partial charge < -0.3 is 15.5 Å². The van der Waals surface area contributed by atoms with Crippen molar-refractivity contribution >= 4 is 25.7 Å². The van der Waals surface area contributed by atoms with Gasteiger partial charge in [0.15, 0.2) is 0 Å². The molecule has 4 atom stereocenters. The summed E-state index contributed by atoms with van der Waals surface area (Å²) in [5.74, 6) is -4.38. The molecule has 4 unspecified atom stereocenters. The number of rotatable bonds is 10. The Labute approximate surface area is 161 Å². The SMILES string of the molecule is O=C(O)CCC(C(=O)O)C(C(Nc1ccc(F)cc1)c1ccccc1)[P+](=O)O. The maximum Gasteiger partial charge on any atom is 0.512 e. The van der Waals surface area contributed by atoms with E-state index in [0.29, 0.717) is 11.3 Å². The third-order valence-corrected chi connectivity index (χ3v) is 5.49. The maximum absolute atomic E-state index is 13.2. The fourth-order valence-corrected chi connectivity index (χ4v) is 4.07. The molecular weight excluding hydrogens is 388 g/mol. The van der Waals surface area contributed by atoms with Crippen molar-refractivity contribution in [2.75, 3.05) is 5.32 Å². The van der Waals surface area contributed by atoms with E-state index in [9.17, 15) is 28.5 Å². The van der Waals surface area contributed by atoms with Crippen molar-refractivity contribution in [2.45, 2.75) is 24.5 Å². The lowest BCUT2D eigenvalue weighted by atomic mass is 9.90. The largest absolute Gasteiger partial charge is 0.512 e. The van der Waals surface area contributed by atoms with Crippen LogP contribution < -0.4 is 5.32 Å². The van der Waals surface area contributed by atoms with Gasteiger partial charge in [-0.3, -0.25) is 9.59 Å². The molecule has 0 saturated carbocycles. The van der Waals surface area contributed by atoms with Gasteiger partial charge in [0, 0.05) is 12.1 Å². The van der Waals surface area contributed by atoms with Gasteiger partial charge in [0.25, 0.3) is 0 Å². The van der Waals surface area contributed by atoms with E-state index in [1.54, 1.807) is 30.3 Å². The molecule has 0 amide bonds. The Kier molecular flexibility index (Phi) is 7.61. The number of carbonyl (C=O) groups is 2. The van der Waals surface area contributed by atoms with Crippen LogP contribution in [-0.2, 0) is 14.2 Å². The van der Waals surface area contributed by atoms with Crippen LogP contribution in [0.5, 0.6) is 0 Å². The predicted molar refractivity (Wildman–Crippen MR) is 101 cm³/mol. The Bertz CT molecular complexity index is 830. The van der Waals surface area contributed by atoms with Gasteiger partial charge in [-0.05, 0) is 40.8 Å². The molecule has 0 bridgehead atoms. The number of carboxylic acids is 2. The molecule has 148 valence electrons. The van der Waals surface area contributed by atoms with Crippen molar-refractivity contribution in [1.82, 2.24) is 0 Å². The maximum atomic E-state index is 13.2. The summed E-state index contributed by atoms with van der Waals surface area (Å²) in [6.45, 7) is 0. The first-order chi connectivity index (χ1) is 13.3. The molecule has 0 aliphatic heterocycles. The lowest BCUT2D eigenvalue weighted by Crippen LogP contribution is -2.35. The van der Waals surface area contributed by atoms with E-state index in [4.69, 9.17) is 5.11 Å². The average molecular weight is 408 g/mol. The van der Waals surface area contributed by atoms with Gasteiger partial charge in [-0.15, -0.1) is 0 Å². The van der Waals surface area contributed by atoms with Gasteiger partial charge in [0.05, 0.1) is 0 Å². The van der Waals surface area contributed by atoms with Gasteiger partial charge in [0.1, 0.15) is 17.8 Å². The molecule has 0 aliphatic rings. The van der Waals surface area contributed by atoms with E-state index in [-0.39, 0.29) is 6.42 Å². The Hall–Kier alpha value is -2.83. The molecule has 0 aliphatic carbocycles. The first-order valence-corrected chi connectivity index (χ1v) is 9.74. The Morgan fingerprint density at radius 1 is 1.04 bits per heavy atom. The zero-order chi connectivity index (χ0) is 20.7. The lowest BCUT2D eigenvalue weighted by molar-refractivity contribution is -0.143. The second-order valence-corrected chi connectivity index (χ2v) is 7.41. The second-order valence-electron chi connectivity index (χ2n) is 6.21. The summed E-state index contributed by atoms with van der Waals surface area (Å²) in [5.41, 5.74) is -0.324. The monoisotopic (exact) mass is 408 g/mol. The molecule has 2 aromatic rings. The predicted octanol–water partition coefficient (Wildman–Crippen LogP) is 3.65. The van der Waals surface area contributed by atoms with Crippen molar-refractivity contribution in [3.63, 3.8) is 0 Å². The van der Waals surface area contributed by atoms with E-state index < -0.39 is 49.8 Å². The molecule has 2 rings (SSSR count). The van der Waals surface area contributed by atoms with Crippen molar-refractivity contribution in [2.24, 2.45) is 5.92 Å². The highest BCUT2D eigenvalue weighted by Crippen LogP contribution is 2.42. The van der Waals surface area contributed by atoms with Crippen LogP contribution in [0, 0.1) is 11.7 Å². The molecule has 0 saturated heterocycles. The highest BCUT2D eigenvalue weighted by Gasteiger charge is 2.48. The molecule has 28 heavy (non-hydrogen) atoms. The Morgan fingerprint density at radius 2 is 1.64 bits per heavy atom. The van der Waals surface area contributed by atoms with E-state index in [2.05, 4.69) is 5.32 Å². The zero-order valence-corrected chi connectivity index (χ0v) is 15.6. The molecule has 9 heteroatoms. The van der Waals surface area contributed by atoms with Crippen LogP contribution in [0.1, 0.15) is 24.4 Å². The van der Waals surface area contributed by atoms with Crippen LogP contribution >= 0.6 is 8.03 Å². The summed E-state index contributed by atoms with van der Waals surface area (Å²) >= 11 is 0. The normalized spacial score (nSPS) is 14.6. The molecular formula is C19H20FNO6P+. The quantitative estimate of drug-likeness (QED) is 0.443. The topological polar surface area (TPSA) is 124 Å². The lowest BCUT2D eigenvalue weighted by Gasteiger charge is -2.25. The van der Waals surface area contributed by atoms with Crippen molar-refractivity contribution in [3.8, 4) is 0 Å². The fraction of sp³-hybridized carbons (Fsp3) is 0.263. The first-order valence-electron chi connectivity index (χ1n) is 8.46. The van der Waals surface area contributed by atoms with E-state index in [1.165, 1.54) is 24.3 Å². The Balaban J connectivity index is 2.46. The van der Waals surface area contributed by atoms with Gasteiger partial charge in [-0.1, -0.05) is 30.3 Å². The molecule has 4 N–H and O–H groups in total. The van der Waals surface area contributed by atoms with Gasteiger partial charge >= 0.3 is 20.0 Å². The third kappa shape index (κ3) is 5.84. The van der Waals surface area contributed by atoms with Crippen LogP contribution in [0.15, 0.2) is 54.6 Å². The minimum absolute atomic E-state index is 0.300. The molecule has 0 aromatic heterocycles. The molecule has 0 heterocycles. The zero-order valence-electron chi connectivity index (χ0n) is 14.7. The average Bonchev–Trinajstić information content (AvgIpc) is 2.65. The number of halogens is 1. The van der Waals surface area contributed by atoms with Crippen molar-refractivity contribution in [3.05, 3.63) is 66.0 Å². The molecule has 2 aromatic carbocycles. The highest BCUT2D eigenvalue weighted by atomic mass is 31.1. The summed E-state index contributed by atoms with van der Waals surface area (Å²) in [7, 11) is -2.99. The van der Waals surface area contributed by atoms with E-state index in [1.807, 2.05) is 0 Å². The third-order valence-electron chi connectivity index (χ3n) is 4.32. The number of benzene rings is 2. The van der Waals surface area contributed by atoms with E-state index in [0.717, 1.165) is 0 Å². The number of hydrogen-bond donors (Lipinski definition) is 4. The van der Waals surface area contributed by atoms with Gasteiger partial charge in [0.2, 0.25) is 5.66 Å². The van der Waals surface area contributed by atoms with Crippen molar-refractivity contribution in [1.29, 1.82) is 0 Å². The number of nitrogens with one attached hydrogen (secondary N) is 1. The summed E-state index contributed by atoms with van der Waals surface area (Å²) in [6, 6.07) is 12.8. The summed E-state index contributed by atoms with van der Waals surface area (Å²) in [6.07, 6.45) is -0.750. The smallest absolute Gasteiger partial charge is 0.481 e. The van der Waals surface area contributed by atoms with Crippen LogP contribution in [0.4, 0.5) is 10.1 Å². The summed E-state index contributed by atoms with van der Waals surface area (Å²) in [4.78, 5) is 32.6. The minimum atomic E-state index is -2.99. The standard InChI is InChI=1S/C19H19FNO6P/c20-13-6-8-14(9-7-13)21-17(12-4-2-1-3-5-12)18(28(26)27)15(19(24)25)10-11-16(22)23/h1-9,15,17-18,21H,10-11H2,(H2-,22,23,24,25,26,27)/p+1. The minimum Gasteiger partial charge on any atom is -0.481 e. The Morgan fingerprint density at radius 3 is 2.14 bits per heavy atom. The molecule has 7 nitrogen and oxygen atoms in total. The number of hydrogen-bond acceptors (Lipinski definition) is 4. The summed E-state index contributed by atoms with van der Waals surface area (Å²) in [5, 5.41) is 21.5.